The Bertz CT molecular complexity index is 1690. The minimum Gasteiger partial charge on any atom is -0.494 e. The van der Waals surface area contributed by atoms with Gasteiger partial charge in [0.2, 0.25) is 11.7 Å². The van der Waals surface area contributed by atoms with E-state index in [1.807, 2.05) is 0 Å². The Kier molecular flexibility index (Phi) is 9.80. The van der Waals surface area contributed by atoms with E-state index >= 15 is 4.39 Å². The Morgan fingerprint density at radius 2 is 1.89 bits per heavy atom. The van der Waals surface area contributed by atoms with E-state index in [4.69, 9.17) is 9.47 Å². The number of fused-ring (bicyclic) bond motifs is 1. The topological polar surface area (TPSA) is 151 Å². The number of hydrogen-bond donors (Lipinski definition) is 5. The number of carbonyl (C=O) groups excluding carboxylic acids is 2. The highest BCUT2D eigenvalue weighted by atomic mass is 19.2. The van der Waals surface area contributed by atoms with Crippen LogP contribution in [-0.4, -0.2) is 83.4 Å². The van der Waals surface area contributed by atoms with E-state index in [1.54, 1.807) is 13.0 Å². The number of aliphatic hydroxyl groups is 1. The van der Waals surface area contributed by atoms with Gasteiger partial charge < -0.3 is 35.8 Å². The summed E-state index contributed by atoms with van der Waals surface area (Å²) in [4.78, 5) is 33.3. The Balaban J connectivity index is 1.17. The lowest BCUT2D eigenvalue weighted by atomic mass is 10.1. The van der Waals surface area contributed by atoms with Gasteiger partial charge in [0.1, 0.15) is 5.82 Å². The molecule has 45 heavy (non-hydrogen) atoms. The van der Waals surface area contributed by atoms with Gasteiger partial charge in [0, 0.05) is 43.3 Å². The molecule has 2 aromatic carbocycles. The molecule has 5 N–H and O–H groups in total. The maximum Gasteiger partial charge on any atom is 0.254 e. The summed E-state index contributed by atoms with van der Waals surface area (Å²) in [5.41, 5.74) is 1.02. The van der Waals surface area contributed by atoms with E-state index in [2.05, 4.69) is 31.2 Å². The fraction of sp³-hybridized carbons (Fsp3) is 0.333. The molecule has 5 rings (SSSR count). The summed E-state index contributed by atoms with van der Waals surface area (Å²) in [5.74, 6) is -3.82. The van der Waals surface area contributed by atoms with Crippen molar-refractivity contribution < 1.29 is 37.3 Å². The third kappa shape index (κ3) is 7.00. The highest BCUT2D eigenvalue weighted by Gasteiger charge is 2.27. The van der Waals surface area contributed by atoms with Crippen molar-refractivity contribution in [1.29, 1.82) is 0 Å². The van der Waals surface area contributed by atoms with Crippen molar-refractivity contribution in [3.8, 4) is 17.0 Å². The van der Waals surface area contributed by atoms with Crippen LogP contribution in [0.5, 0.6) is 5.75 Å². The normalized spacial score (nSPS) is 16.1. The lowest BCUT2D eigenvalue weighted by molar-refractivity contribution is -0.123. The number of rotatable bonds is 12. The van der Waals surface area contributed by atoms with Gasteiger partial charge in [-0.05, 0) is 43.2 Å². The molecule has 1 fully saturated rings. The van der Waals surface area contributed by atoms with Crippen molar-refractivity contribution >= 4 is 29.0 Å². The number of nitrogens with one attached hydrogen (secondary N) is 4. The summed E-state index contributed by atoms with van der Waals surface area (Å²) in [6.07, 6.45) is 4.16. The summed E-state index contributed by atoms with van der Waals surface area (Å²) >= 11 is 0. The van der Waals surface area contributed by atoms with Crippen LogP contribution in [0.4, 0.5) is 24.7 Å². The molecule has 1 saturated heterocycles. The molecule has 12 nitrogen and oxygen atoms in total. The fourth-order valence-electron chi connectivity index (χ4n) is 5.05. The van der Waals surface area contributed by atoms with Crippen LogP contribution in [0.1, 0.15) is 22.3 Å². The molecular formula is C30H32F3N7O5. The SMILES string of the molecule is COc1ccc(-c2cnc3c(Nc4cc(C)c(C(=O)NCCOCCNC(=O)[C@@H]5C[C@@H](O)CN5)c(F)c4)nccn23)c(F)c1F. The number of hydrogen-bond acceptors (Lipinski definition) is 9. The predicted molar refractivity (Wildman–Crippen MR) is 158 cm³/mol. The first-order chi connectivity index (χ1) is 21.7. The Hall–Kier alpha value is -4.73. The van der Waals surface area contributed by atoms with Gasteiger partial charge in [0.25, 0.3) is 5.91 Å². The lowest BCUT2D eigenvalue weighted by Gasteiger charge is -2.13. The number of imidazole rings is 1. The quantitative estimate of drug-likeness (QED) is 0.149. The average molecular weight is 628 g/mol. The zero-order valence-corrected chi connectivity index (χ0v) is 24.5. The van der Waals surface area contributed by atoms with Gasteiger partial charge in [-0.15, -0.1) is 0 Å². The molecule has 2 atom stereocenters. The van der Waals surface area contributed by atoms with Gasteiger partial charge in [-0.1, -0.05) is 0 Å². The van der Waals surface area contributed by atoms with Crippen LogP contribution in [-0.2, 0) is 9.53 Å². The number of aromatic nitrogens is 3. The monoisotopic (exact) mass is 627 g/mol. The third-order valence-corrected chi connectivity index (χ3v) is 7.25. The summed E-state index contributed by atoms with van der Waals surface area (Å²) < 4.78 is 56.0. The van der Waals surface area contributed by atoms with E-state index in [0.29, 0.717) is 24.2 Å². The molecule has 238 valence electrons. The first-order valence-corrected chi connectivity index (χ1v) is 14.1. The summed E-state index contributed by atoms with van der Waals surface area (Å²) in [6, 6.07) is 4.99. The van der Waals surface area contributed by atoms with E-state index in [9.17, 15) is 23.5 Å². The van der Waals surface area contributed by atoms with Crippen LogP contribution in [0.25, 0.3) is 16.9 Å². The van der Waals surface area contributed by atoms with E-state index in [1.165, 1.54) is 42.2 Å². The van der Waals surface area contributed by atoms with E-state index in [0.717, 1.165) is 6.07 Å². The van der Waals surface area contributed by atoms with E-state index in [-0.39, 0.29) is 66.2 Å². The maximum absolute atomic E-state index is 15.1. The van der Waals surface area contributed by atoms with Crippen LogP contribution < -0.4 is 26.0 Å². The standard InChI is InChI=1S/C30H32F3N7O5/c1-16-11-17(12-20(31)24(16)30(43)36-7-10-45-9-6-35-29(42)21-13-18(41)14-37-21)39-27-28-38-15-22(40(28)8-5-34-27)19-3-4-23(44-2)26(33)25(19)32/h3-5,8,11-12,15,18,21,37,41H,6-7,9-10,13-14H2,1-2H3,(H,34,39)(H,35,42)(H,36,43)/t18-,21+/m1/s1. The molecular weight excluding hydrogens is 595 g/mol. The average Bonchev–Trinajstić information content (AvgIpc) is 3.65. The molecule has 0 radical (unpaired) electrons. The number of nitrogens with zero attached hydrogens (tertiary/aromatic N) is 3. The number of aliphatic hydroxyl groups excluding tert-OH is 1. The minimum atomic E-state index is -1.12. The minimum absolute atomic E-state index is 0.0363. The van der Waals surface area contributed by atoms with E-state index < -0.39 is 35.5 Å². The second kappa shape index (κ2) is 13.9. The fourth-order valence-corrected chi connectivity index (χ4v) is 5.05. The molecule has 0 spiro atoms. The first kappa shape index (κ1) is 31.7. The Morgan fingerprint density at radius 3 is 2.60 bits per heavy atom. The molecule has 4 aromatic rings. The summed E-state index contributed by atoms with van der Waals surface area (Å²) in [5, 5.41) is 20.7. The molecule has 0 unspecified atom stereocenters. The molecule has 2 aromatic heterocycles. The van der Waals surface area contributed by atoms with Gasteiger partial charge in [0.15, 0.2) is 23.0 Å². The summed E-state index contributed by atoms with van der Waals surface area (Å²) in [6.45, 7) is 2.72. The largest absolute Gasteiger partial charge is 0.494 e. The number of β-amino-alcohol motifs (C(OH)–C–C–N with tert-alkyl or cyclic N) is 1. The number of amides is 2. The van der Waals surface area contributed by atoms with Gasteiger partial charge in [-0.2, -0.15) is 4.39 Å². The molecule has 3 heterocycles. The second-order valence-electron chi connectivity index (χ2n) is 10.3. The molecule has 0 bridgehead atoms. The lowest BCUT2D eigenvalue weighted by Crippen LogP contribution is -2.41. The van der Waals surface area contributed by atoms with Crippen molar-refractivity contribution in [3.63, 3.8) is 0 Å². The van der Waals surface area contributed by atoms with Gasteiger partial charge in [-0.25, -0.2) is 18.7 Å². The highest BCUT2D eigenvalue weighted by Crippen LogP contribution is 2.32. The van der Waals surface area contributed by atoms with Gasteiger partial charge in [0.05, 0.1) is 49.9 Å². The summed E-state index contributed by atoms with van der Waals surface area (Å²) in [7, 11) is 1.24. The highest BCUT2D eigenvalue weighted by molar-refractivity contribution is 5.96. The predicted octanol–water partition coefficient (Wildman–Crippen LogP) is 2.46. The van der Waals surface area contributed by atoms with Gasteiger partial charge in [-0.3, -0.25) is 14.0 Å². The van der Waals surface area contributed by atoms with Crippen molar-refractivity contribution in [2.45, 2.75) is 25.5 Å². The van der Waals surface area contributed by atoms with Crippen LogP contribution >= 0.6 is 0 Å². The molecule has 0 saturated carbocycles. The third-order valence-electron chi connectivity index (χ3n) is 7.25. The Morgan fingerprint density at radius 1 is 1.11 bits per heavy atom. The number of carbonyl (C=O) groups is 2. The van der Waals surface area contributed by atoms with Crippen molar-refractivity contribution in [3.05, 3.63) is 71.4 Å². The zero-order chi connectivity index (χ0) is 32.1. The zero-order valence-electron chi connectivity index (χ0n) is 24.5. The molecule has 1 aliphatic heterocycles. The first-order valence-electron chi connectivity index (χ1n) is 14.1. The maximum atomic E-state index is 15.1. The van der Waals surface area contributed by atoms with Crippen LogP contribution in [0.15, 0.2) is 42.9 Å². The van der Waals surface area contributed by atoms with Gasteiger partial charge >= 0.3 is 0 Å². The number of benzene rings is 2. The molecule has 2 amide bonds. The number of aryl methyl sites for hydroxylation is 1. The van der Waals surface area contributed by atoms with Crippen LogP contribution in [0.3, 0.4) is 0 Å². The van der Waals surface area contributed by atoms with Crippen molar-refractivity contribution in [2.75, 3.05) is 45.3 Å². The van der Waals surface area contributed by atoms with Crippen LogP contribution in [0.2, 0.25) is 0 Å². The second-order valence-corrected chi connectivity index (χ2v) is 10.3. The number of ether oxygens (including phenoxy) is 2. The number of methoxy groups -OCH3 is 1. The smallest absolute Gasteiger partial charge is 0.254 e. The Labute approximate surface area is 256 Å². The molecule has 15 heteroatoms. The van der Waals surface area contributed by atoms with Crippen molar-refractivity contribution in [1.82, 2.24) is 30.3 Å². The number of anilines is 2. The van der Waals surface area contributed by atoms with Crippen LogP contribution in [0, 0.1) is 24.4 Å². The van der Waals surface area contributed by atoms with Crippen molar-refractivity contribution in [2.24, 2.45) is 0 Å². The number of halogens is 3. The molecule has 1 aliphatic rings. The molecule has 0 aliphatic carbocycles.